The number of nitriles is 1. The van der Waals surface area contributed by atoms with E-state index in [2.05, 4.69) is 6.07 Å². The number of hydrogen-bond donors (Lipinski definition) is 1. The van der Waals surface area contributed by atoms with Gasteiger partial charge in [0.05, 0.1) is 17.7 Å². The van der Waals surface area contributed by atoms with Crippen molar-refractivity contribution >= 4 is 0 Å². The molecule has 96 valence electrons. The molecule has 0 aliphatic rings. The van der Waals surface area contributed by atoms with Crippen LogP contribution >= 0.6 is 0 Å². The first-order valence-electron chi connectivity index (χ1n) is 6.09. The SMILES string of the molecule is C[C@@H](O)c1ccc(OCc2ccc(C#N)cc2)cc1. The molecule has 0 radical (unpaired) electrons. The quantitative estimate of drug-likeness (QED) is 0.910. The van der Waals surface area contributed by atoms with Gasteiger partial charge in [0.25, 0.3) is 0 Å². The van der Waals surface area contributed by atoms with Crippen molar-refractivity contribution in [2.24, 2.45) is 0 Å². The van der Waals surface area contributed by atoms with Crippen molar-refractivity contribution in [3.05, 3.63) is 65.2 Å². The molecule has 0 aliphatic heterocycles. The highest BCUT2D eigenvalue weighted by molar-refractivity contribution is 5.32. The standard InChI is InChI=1S/C16H15NO2/c1-12(18)15-6-8-16(9-7-15)19-11-14-4-2-13(10-17)3-5-14/h2-9,12,18H,11H2,1H3/t12-/m1/s1. The van der Waals surface area contributed by atoms with Gasteiger partial charge < -0.3 is 9.84 Å². The number of nitrogens with zero attached hydrogens (tertiary/aromatic N) is 1. The zero-order valence-electron chi connectivity index (χ0n) is 10.7. The molecule has 0 unspecified atom stereocenters. The van der Waals surface area contributed by atoms with E-state index in [-0.39, 0.29) is 0 Å². The molecule has 19 heavy (non-hydrogen) atoms. The third-order valence-electron chi connectivity index (χ3n) is 2.85. The summed E-state index contributed by atoms with van der Waals surface area (Å²) in [6.07, 6.45) is -0.465. The molecule has 0 saturated heterocycles. The smallest absolute Gasteiger partial charge is 0.119 e. The average molecular weight is 253 g/mol. The van der Waals surface area contributed by atoms with Crippen LogP contribution in [0.3, 0.4) is 0 Å². The van der Waals surface area contributed by atoms with E-state index in [1.807, 2.05) is 36.4 Å². The van der Waals surface area contributed by atoms with Crippen LogP contribution in [-0.2, 0) is 6.61 Å². The Balaban J connectivity index is 1.96. The van der Waals surface area contributed by atoms with Crippen LogP contribution in [0.25, 0.3) is 0 Å². The number of aliphatic hydroxyl groups is 1. The molecule has 0 spiro atoms. The predicted molar refractivity (Wildman–Crippen MR) is 72.6 cm³/mol. The van der Waals surface area contributed by atoms with E-state index in [1.54, 1.807) is 19.1 Å². The molecular weight excluding hydrogens is 238 g/mol. The van der Waals surface area contributed by atoms with Gasteiger partial charge >= 0.3 is 0 Å². The van der Waals surface area contributed by atoms with Crippen molar-refractivity contribution in [3.63, 3.8) is 0 Å². The van der Waals surface area contributed by atoms with E-state index in [9.17, 15) is 5.11 Å². The van der Waals surface area contributed by atoms with Gasteiger partial charge in [0.15, 0.2) is 0 Å². The fourth-order valence-corrected chi connectivity index (χ4v) is 1.68. The summed E-state index contributed by atoms with van der Waals surface area (Å²) in [5.74, 6) is 0.758. The van der Waals surface area contributed by atoms with Crippen LogP contribution < -0.4 is 4.74 Å². The fourth-order valence-electron chi connectivity index (χ4n) is 1.68. The second-order valence-electron chi connectivity index (χ2n) is 4.34. The molecule has 0 aliphatic carbocycles. The van der Waals surface area contributed by atoms with Crippen molar-refractivity contribution in [1.82, 2.24) is 0 Å². The Bertz CT molecular complexity index is 565. The molecule has 3 heteroatoms. The maximum absolute atomic E-state index is 9.40. The predicted octanol–water partition coefficient (Wildman–Crippen LogP) is 3.19. The van der Waals surface area contributed by atoms with Gasteiger partial charge in [0, 0.05) is 0 Å². The van der Waals surface area contributed by atoms with Crippen LogP contribution in [0.15, 0.2) is 48.5 Å². The summed E-state index contributed by atoms with van der Waals surface area (Å²) in [5, 5.41) is 18.1. The summed E-state index contributed by atoms with van der Waals surface area (Å²) >= 11 is 0. The molecule has 3 nitrogen and oxygen atoms in total. The summed E-state index contributed by atoms with van der Waals surface area (Å²) < 4.78 is 5.64. The Kier molecular flexibility index (Phi) is 4.17. The van der Waals surface area contributed by atoms with Crippen molar-refractivity contribution in [2.75, 3.05) is 0 Å². The van der Waals surface area contributed by atoms with Gasteiger partial charge in [-0.25, -0.2) is 0 Å². The minimum atomic E-state index is -0.465. The van der Waals surface area contributed by atoms with Crippen LogP contribution in [0, 0.1) is 11.3 Å². The van der Waals surface area contributed by atoms with Gasteiger partial charge in [0.2, 0.25) is 0 Å². The molecule has 1 atom stereocenters. The first-order valence-corrected chi connectivity index (χ1v) is 6.09. The molecule has 2 aromatic rings. The number of rotatable bonds is 4. The van der Waals surface area contributed by atoms with Crippen molar-refractivity contribution in [2.45, 2.75) is 19.6 Å². The molecule has 0 aromatic heterocycles. The molecule has 1 N–H and O–H groups in total. The third-order valence-corrected chi connectivity index (χ3v) is 2.85. The Labute approximate surface area is 112 Å². The van der Waals surface area contributed by atoms with E-state index in [1.165, 1.54) is 0 Å². The van der Waals surface area contributed by atoms with E-state index in [4.69, 9.17) is 10.00 Å². The number of hydrogen-bond acceptors (Lipinski definition) is 3. The fraction of sp³-hybridized carbons (Fsp3) is 0.188. The Morgan fingerprint density at radius 3 is 2.26 bits per heavy atom. The Morgan fingerprint density at radius 2 is 1.74 bits per heavy atom. The van der Waals surface area contributed by atoms with E-state index in [0.717, 1.165) is 16.9 Å². The Hall–Kier alpha value is -2.31. The van der Waals surface area contributed by atoms with Crippen molar-refractivity contribution < 1.29 is 9.84 Å². The maximum Gasteiger partial charge on any atom is 0.119 e. The molecule has 0 amide bonds. The molecule has 0 fully saturated rings. The summed E-state index contributed by atoms with van der Waals surface area (Å²) in [6.45, 7) is 2.19. The molecular formula is C16H15NO2. The van der Waals surface area contributed by atoms with E-state index >= 15 is 0 Å². The molecule has 2 rings (SSSR count). The van der Waals surface area contributed by atoms with E-state index in [0.29, 0.717) is 12.2 Å². The first kappa shape index (κ1) is 13.1. The highest BCUT2D eigenvalue weighted by atomic mass is 16.5. The van der Waals surface area contributed by atoms with Crippen molar-refractivity contribution in [1.29, 1.82) is 5.26 Å². The Morgan fingerprint density at radius 1 is 1.11 bits per heavy atom. The van der Waals surface area contributed by atoms with Gasteiger partial charge in [0.1, 0.15) is 12.4 Å². The second kappa shape index (κ2) is 6.03. The minimum absolute atomic E-state index is 0.458. The molecule has 0 bridgehead atoms. The lowest BCUT2D eigenvalue weighted by atomic mass is 10.1. The summed E-state index contributed by atoms with van der Waals surface area (Å²) in [4.78, 5) is 0. The average Bonchev–Trinajstić information content (AvgIpc) is 2.46. The highest BCUT2D eigenvalue weighted by Gasteiger charge is 2.01. The molecule has 0 saturated carbocycles. The van der Waals surface area contributed by atoms with Crippen LogP contribution in [0.1, 0.15) is 29.7 Å². The van der Waals surface area contributed by atoms with Crippen LogP contribution in [0.2, 0.25) is 0 Å². The largest absolute Gasteiger partial charge is 0.489 e. The van der Waals surface area contributed by atoms with Crippen LogP contribution in [0.4, 0.5) is 0 Å². The zero-order valence-corrected chi connectivity index (χ0v) is 10.7. The lowest BCUT2D eigenvalue weighted by molar-refractivity contribution is 0.199. The second-order valence-corrected chi connectivity index (χ2v) is 4.34. The molecule has 2 aromatic carbocycles. The normalized spacial score (nSPS) is 11.6. The number of benzene rings is 2. The van der Waals surface area contributed by atoms with Gasteiger partial charge in [-0.2, -0.15) is 5.26 Å². The number of ether oxygens (including phenoxy) is 1. The first-order chi connectivity index (χ1) is 9.19. The minimum Gasteiger partial charge on any atom is -0.489 e. The summed E-state index contributed by atoms with van der Waals surface area (Å²) in [6, 6.07) is 16.8. The van der Waals surface area contributed by atoms with Gasteiger partial charge in [-0.1, -0.05) is 24.3 Å². The monoisotopic (exact) mass is 253 g/mol. The van der Waals surface area contributed by atoms with Crippen LogP contribution in [-0.4, -0.2) is 5.11 Å². The van der Waals surface area contributed by atoms with Gasteiger partial charge in [-0.15, -0.1) is 0 Å². The maximum atomic E-state index is 9.40. The third kappa shape index (κ3) is 3.57. The lowest BCUT2D eigenvalue weighted by Gasteiger charge is -2.08. The zero-order chi connectivity index (χ0) is 13.7. The van der Waals surface area contributed by atoms with Gasteiger partial charge in [-0.3, -0.25) is 0 Å². The summed E-state index contributed by atoms with van der Waals surface area (Å²) in [5.41, 5.74) is 2.52. The number of aliphatic hydroxyl groups excluding tert-OH is 1. The lowest BCUT2D eigenvalue weighted by Crippen LogP contribution is -1.96. The van der Waals surface area contributed by atoms with E-state index < -0.39 is 6.10 Å². The topological polar surface area (TPSA) is 53.2 Å². The molecule has 0 heterocycles. The summed E-state index contributed by atoms with van der Waals surface area (Å²) in [7, 11) is 0. The van der Waals surface area contributed by atoms with Crippen LogP contribution in [0.5, 0.6) is 5.75 Å². The highest BCUT2D eigenvalue weighted by Crippen LogP contribution is 2.18. The van der Waals surface area contributed by atoms with Gasteiger partial charge in [-0.05, 0) is 42.3 Å². The van der Waals surface area contributed by atoms with Crippen molar-refractivity contribution in [3.8, 4) is 11.8 Å².